The van der Waals surface area contributed by atoms with Crippen molar-refractivity contribution in [2.75, 3.05) is 13.7 Å². The molecule has 0 bridgehead atoms. The number of nitrogens with two attached hydrogens (primary N) is 1. The van der Waals surface area contributed by atoms with Crippen LogP contribution < -0.4 is 10.5 Å². The normalized spacial score (nSPS) is 12.2. The van der Waals surface area contributed by atoms with Gasteiger partial charge in [-0.25, -0.2) is 4.39 Å². The zero-order valence-electron chi connectivity index (χ0n) is 11.2. The molecular formula is C16H18FNO. The van der Waals surface area contributed by atoms with Crippen molar-refractivity contribution in [3.8, 4) is 5.75 Å². The van der Waals surface area contributed by atoms with Crippen molar-refractivity contribution in [2.24, 2.45) is 5.73 Å². The van der Waals surface area contributed by atoms with Gasteiger partial charge in [-0.15, -0.1) is 0 Å². The van der Waals surface area contributed by atoms with Crippen LogP contribution in [0.25, 0.3) is 0 Å². The lowest BCUT2D eigenvalue weighted by atomic mass is 9.90. The average Bonchev–Trinajstić information content (AvgIpc) is 2.42. The lowest BCUT2D eigenvalue weighted by Gasteiger charge is -2.17. The fourth-order valence-electron chi connectivity index (χ4n) is 2.28. The van der Waals surface area contributed by atoms with Crippen LogP contribution in [0.1, 0.15) is 22.6 Å². The van der Waals surface area contributed by atoms with E-state index in [-0.39, 0.29) is 11.7 Å². The van der Waals surface area contributed by atoms with Crippen molar-refractivity contribution in [1.82, 2.24) is 0 Å². The van der Waals surface area contributed by atoms with Crippen molar-refractivity contribution in [3.63, 3.8) is 0 Å². The van der Waals surface area contributed by atoms with Crippen LogP contribution in [-0.4, -0.2) is 13.7 Å². The smallest absolute Gasteiger partial charge is 0.123 e. The third-order valence-electron chi connectivity index (χ3n) is 3.33. The van der Waals surface area contributed by atoms with Crippen LogP contribution >= 0.6 is 0 Å². The van der Waals surface area contributed by atoms with Crippen LogP contribution in [0.15, 0.2) is 42.5 Å². The van der Waals surface area contributed by atoms with Crippen molar-refractivity contribution in [2.45, 2.75) is 12.8 Å². The molecule has 0 fully saturated rings. The van der Waals surface area contributed by atoms with Gasteiger partial charge in [0.25, 0.3) is 0 Å². The number of aryl methyl sites for hydroxylation is 1. The van der Waals surface area contributed by atoms with Crippen LogP contribution in [0.2, 0.25) is 0 Å². The van der Waals surface area contributed by atoms with Gasteiger partial charge in [-0.05, 0) is 41.8 Å². The molecule has 2 rings (SSSR count). The van der Waals surface area contributed by atoms with Gasteiger partial charge in [-0.2, -0.15) is 0 Å². The summed E-state index contributed by atoms with van der Waals surface area (Å²) in [4.78, 5) is 0. The topological polar surface area (TPSA) is 35.2 Å². The largest absolute Gasteiger partial charge is 0.496 e. The van der Waals surface area contributed by atoms with Crippen molar-refractivity contribution >= 4 is 0 Å². The number of hydrogen-bond donors (Lipinski definition) is 1. The van der Waals surface area contributed by atoms with Gasteiger partial charge in [-0.1, -0.05) is 24.3 Å². The van der Waals surface area contributed by atoms with E-state index in [0.29, 0.717) is 6.54 Å². The Balaban J connectivity index is 2.36. The predicted octanol–water partition coefficient (Wildman–Crippen LogP) is 3.23. The highest BCUT2D eigenvalue weighted by atomic mass is 19.1. The van der Waals surface area contributed by atoms with E-state index in [9.17, 15) is 4.39 Å². The second-order valence-corrected chi connectivity index (χ2v) is 4.57. The zero-order chi connectivity index (χ0) is 13.8. The Morgan fingerprint density at radius 2 is 1.74 bits per heavy atom. The van der Waals surface area contributed by atoms with Crippen LogP contribution in [0.4, 0.5) is 4.39 Å². The molecule has 0 aliphatic heterocycles. The molecule has 0 heterocycles. The molecule has 0 spiro atoms. The summed E-state index contributed by atoms with van der Waals surface area (Å²) in [5.74, 6) is 0.703. The van der Waals surface area contributed by atoms with E-state index in [1.54, 1.807) is 19.2 Å². The number of rotatable bonds is 4. The molecule has 0 amide bonds. The van der Waals surface area contributed by atoms with E-state index in [4.69, 9.17) is 10.5 Å². The lowest BCUT2D eigenvalue weighted by molar-refractivity contribution is 0.411. The Labute approximate surface area is 113 Å². The van der Waals surface area contributed by atoms with Crippen LogP contribution in [-0.2, 0) is 0 Å². The summed E-state index contributed by atoms with van der Waals surface area (Å²) in [6.07, 6.45) is 0. The first-order valence-electron chi connectivity index (χ1n) is 6.25. The highest BCUT2D eigenvalue weighted by Gasteiger charge is 2.13. The van der Waals surface area contributed by atoms with E-state index in [0.717, 1.165) is 22.4 Å². The van der Waals surface area contributed by atoms with Crippen molar-refractivity contribution in [3.05, 3.63) is 65.0 Å². The first-order valence-corrected chi connectivity index (χ1v) is 6.25. The van der Waals surface area contributed by atoms with Gasteiger partial charge in [0.2, 0.25) is 0 Å². The van der Waals surface area contributed by atoms with Gasteiger partial charge < -0.3 is 10.5 Å². The Hall–Kier alpha value is -1.87. The third kappa shape index (κ3) is 2.93. The minimum atomic E-state index is -0.231. The van der Waals surface area contributed by atoms with E-state index in [2.05, 4.69) is 6.07 Å². The maximum absolute atomic E-state index is 13.0. The molecule has 0 aromatic heterocycles. The fourth-order valence-corrected chi connectivity index (χ4v) is 2.28. The third-order valence-corrected chi connectivity index (χ3v) is 3.33. The highest BCUT2D eigenvalue weighted by Crippen LogP contribution is 2.28. The van der Waals surface area contributed by atoms with E-state index in [1.807, 2.05) is 19.1 Å². The van der Waals surface area contributed by atoms with Gasteiger partial charge in [-0.3, -0.25) is 0 Å². The van der Waals surface area contributed by atoms with Crippen molar-refractivity contribution < 1.29 is 9.13 Å². The lowest BCUT2D eigenvalue weighted by Crippen LogP contribution is -2.14. The first-order chi connectivity index (χ1) is 9.15. The molecule has 1 atom stereocenters. The first kappa shape index (κ1) is 13.6. The fraction of sp³-hybridized carbons (Fsp3) is 0.250. The predicted molar refractivity (Wildman–Crippen MR) is 75.0 cm³/mol. The standard InChI is InChI=1S/C16H18FNO/c1-11-9-13(5-8-16(11)19-2)15(10-18)12-3-6-14(17)7-4-12/h3-9,15H,10,18H2,1-2H3. The van der Waals surface area contributed by atoms with Gasteiger partial charge in [0.05, 0.1) is 7.11 Å². The summed E-state index contributed by atoms with van der Waals surface area (Å²) in [6.45, 7) is 2.48. The molecule has 3 heteroatoms. The quantitative estimate of drug-likeness (QED) is 0.915. The summed E-state index contributed by atoms with van der Waals surface area (Å²) in [6, 6.07) is 12.5. The van der Waals surface area contributed by atoms with E-state index >= 15 is 0 Å². The monoisotopic (exact) mass is 259 g/mol. The van der Waals surface area contributed by atoms with Crippen LogP contribution in [0.5, 0.6) is 5.75 Å². The Bertz CT molecular complexity index is 551. The number of methoxy groups -OCH3 is 1. The molecule has 100 valence electrons. The maximum Gasteiger partial charge on any atom is 0.123 e. The van der Waals surface area contributed by atoms with E-state index in [1.165, 1.54) is 12.1 Å². The molecule has 0 saturated carbocycles. The van der Waals surface area contributed by atoms with E-state index < -0.39 is 0 Å². The minimum Gasteiger partial charge on any atom is -0.496 e. The van der Waals surface area contributed by atoms with Gasteiger partial charge in [0, 0.05) is 12.5 Å². The molecule has 2 N–H and O–H groups in total. The van der Waals surface area contributed by atoms with Gasteiger partial charge in [0.1, 0.15) is 11.6 Å². The maximum atomic E-state index is 13.0. The summed E-state index contributed by atoms with van der Waals surface area (Å²) < 4.78 is 18.2. The van der Waals surface area contributed by atoms with Gasteiger partial charge >= 0.3 is 0 Å². The molecule has 2 aromatic carbocycles. The number of ether oxygens (including phenoxy) is 1. The molecule has 19 heavy (non-hydrogen) atoms. The van der Waals surface area contributed by atoms with Crippen molar-refractivity contribution in [1.29, 1.82) is 0 Å². The molecule has 2 nitrogen and oxygen atoms in total. The Morgan fingerprint density at radius 1 is 1.11 bits per heavy atom. The number of benzene rings is 2. The second kappa shape index (κ2) is 5.85. The number of hydrogen-bond acceptors (Lipinski definition) is 2. The van der Waals surface area contributed by atoms with Gasteiger partial charge in [0.15, 0.2) is 0 Å². The molecule has 0 aliphatic rings. The average molecular weight is 259 g/mol. The molecule has 0 aliphatic carbocycles. The highest BCUT2D eigenvalue weighted by molar-refractivity contribution is 5.41. The molecule has 1 unspecified atom stereocenters. The molecule has 0 radical (unpaired) electrons. The zero-order valence-corrected chi connectivity index (χ0v) is 11.2. The Morgan fingerprint density at radius 3 is 2.26 bits per heavy atom. The van der Waals surface area contributed by atoms with Crippen LogP contribution in [0, 0.1) is 12.7 Å². The SMILES string of the molecule is COc1ccc(C(CN)c2ccc(F)cc2)cc1C. The summed E-state index contributed by atoms with van der Waals surface area (Å²) in [5, 5.41) is 0. The number of halogens is 1. The summed E-state index contributed by atoms with van der Waals surface area (Å²) >= 11 is 0. The summed E-state index contributed by atoms with van der Waals surface area (Å²) in [5.41, 5.74) is 9.08. The molecular weight excluding hydrogens is 241 g/mol. The Kier molecular flexibility index (Phi) is 4.17. The molecule has 0 saturated heterocycles. The molecule has 2 aromatic rings. The second-order valence-electron chi connectivity index (χ2n) is 4.57. The van der Waals surface area contributed by atoms with Crippen LogP contribution in [0.3, 0.4) is 0 Å². The summed E-state index contributed by atoms with van der Waals surface area (Å²) in [7, 11) is 1.66. The minimum absolute atomic E-state index is 0.0743.